The number of benzene rings is 3. The van der Waals surface area contributed by atoms with Crippen molar-refractivity contribution >= 4 is 49.9 Å². The molecule has 0 radical (unpaired) electrons. The standard InChI is InChI=1S/C28H23BrN2O5S/c1-14-24(15(2)32)26(25-18-8-6-5-7-16(18)9-10-21(25)35-3)31-27(34)23(37-28(31)30-14)12-17-11-22(36-4)20(33)13-19(17)29/h5-13,26,33H,1-4H3/b23-12-. The number of Topliss-reactive ketones (excluding diaryl/α,β-unsaturated/α-hetero) is 1. The van der Waals surface area contributed by atoms with Crippen molar-refractivity contribution < 1.29 is 19.4 Å². The Balaban J connectivity index is 1.85. The predicted octanol–water partition coefficient (Wildman–Crippen LogP) is 4.46. The molecule has 1 atom stereocenters. The first kappa shape index (κ1) is 25.0. The van der Waals surface area contributed by atoms with Crippen LogP contribution in [0, 0.1) is 0 Å². The van der Waals surface area contributed by atoms with Crippen LogP contribution in [0.3, 0.4) is 0 Å². The first-order valence-electron chi connectivity index (χ1n) is 11.4. The van der Waals surface area contributed by atoms with Gasteiger partial charge in [-0.15, -0.1) is 0 Å². The van der Waals surface area contributed by atoms with E-state index < -0.39 is 6.04 Å². The Morgan fingerprint density at radius 3 is 2.57 bits per heavy atom. The number of aromatic nitrogens is 1. The normalized spacial score (nSPS) is 15.5. The van der Waals surface area contributed by atoms with E-state index in [0.29, 0.717) is 36.4 Å². The topological polar surface area (TPSA) is 90.1 Å². The number of fused-ring (bicyclic) bond motifs is 2. The molecule has 7 nitrogen and oxygen atoms in total. The number of hydrogen-bond donors (Lipinski definition) is 1. The van der Waals surface area contributed by atoms with Gasteiger partial charge in [0.1, 0.15) is 5.75 Å². The van der Waals surface area contributed by atoms with Crippen LogP contribution in [0.15, 0.2) is 74.1 Å². The minimum absolute atomic E-state index is 0.0160. The molecular weight excluding hydrogens is 556 g/mol. The van der Waals surface area contributed by atoms with Crippen molar-refractivity contribution in [3.63, 3.8) is 0 Å². The maximum atomic E-state index is 14.0. The maximum absolute atomic E-state index is 14.0. The summed E-state index contributed by atoms with van der Waals surface area (Å²) in [5.41, 5.74) is 2.12. The SMILES string of the molecule is COc1cc(/C=c2\sc3n(c2=O)C(c2c(OC)ccc4ccccc24)C(C(C)=O)=C(C)N=3)c(Br)cc1O. The second-order valence-electron chi connectivity index (χ2n) is 8.59. The summed E-state index contributed by atoms with van der Waals surface area (Å²) in [5, 5.41) is 11.9. The van der Waals surface area contributed by atoms with Crippen LogP contribution in [0.5, 0.6) is 17.2 Å². The van der Waals surface area contributed by atoms with Crippen LogP contribution in [0.2, 0.25) is 0 Å². The van der Waals surface area contributed by atoms with Crippen molar-refractivity contribution in [2.45, 2.75) is 19.9 Å². The van der Waals surface area contributed by atoms with Gasteiger partial charge in [-0.05, 0) is 54.5 Å². The van der Waals surface area contributed by atoms with Crippen LogP contribution in [-0.4, -0.2) is 29.7 Å². The largest absolute Gasteiger partial charge is 0.504 e. The Labute approximate surface area is 224 Å². The van der Waals surface area contributed by atoms with Crippen LogP contribution in [0.4, 0.5) is 0 Å². The maximum Gasteiger partial charge on any atom is 0.271 e. The van der Waals surface area contributed by atoms with Crippen LogP contribution >= 0.6 is 27.3 Å². The van der Waals surface area contributed by atoms with Gasteiger partial charge in [0, 0.05) is 21.3 Å². The zero-order chi connectivity index (χ0) is 26.4. The van der Waals surface area contributed by atoms with Gasteiger partial charge in [0.25, 0.3) is 5.56 Å². The minimum atomic E-state index is -0.713. The summed E-state index contributed by atoms with van der Waals surface area (Å²) in [4.78, 5) is 32.1. The average molecular weight is 579 g/mol. The van der Waals surface area contributed by atoms with Gasteiger partial charge in [0.2, 0.25) is 0 Å². The van der Waals surface area contributed by atoms with Gasteiger partial charge in [-0.2, -0.15) is 0 Å². The number of carbonyl (C=O) groups is 1. The highest BCUT2D eigenvalue weighted by Gasteiger charge is 2.33. The summed E-state index contributed by atoms with van der Waals surface area (Å²) in [6, 6.07) is 14.1. The van der Waals surface area contributed by atoms with Crippen LogP contribution < -0.4 is 24.4 Å². The lowest BCUT2D eigenvalue weighted by atomic mass is 9.89. The summed E-state index contributed by atoms with van der Waals surface area (Å²) in [5.74, 6) is 0.687. The lowest BCUT2D eigenvalue weighted by Crippen LogP contribution is -2.39. The highest BCUT2D eigenvalue weighted by atomic mass is 79.9. The van der Waals surface area contributed by atoms with Gasteiger partial charge >= 0.3 is 0 Å². The number of phenols is 1. The number of nitrogens with zero attached hydrogens (tertiary/aromatic N) is 2. The number of rotatable bonds is 5. The number of halogens is 1. The summed E-state index contributed by atoms with van der Waals surface area (Å²) in [6.07, 6.45) is 1.72. The van der Waals surface area contributed by atoms with Crippen molar-refractivity contribution in [1.29, 1.82) is 0 Å². The molecule has 3 aromatic carbocycles. The van der Waals surface area contributed by atoms with Crippen molar-refractivity contribution in [2.24, 2.45) is 4.99 Å². The van der Waals surface area contributed by atoms with E-state index in [2.05, 4.69) is 20.9 Å². The lowest BCUT2D eigenvalue weighted by molar-refractivity contribution is -0.114. The smallest absolute Gasteiger partial charge is 0.271 e. The van der Waals surface area contributed by atoms with Crippen molar-refractivity contribution in [3.8, 4) is 17.2 Å². The molecule has 2 heterocycles. The van der Waals surface area contributed by atoms with E-state index >= 15 is 0 Å². The number of allylic oxidation sites excluding steroid dienone is 2. The Bertz CT molecular complexity index is 1800. The quantitative estimate of drug-likeness (QED) is 0.377. The van der Waals surface area contributed by atoms with Crippen molar-refractivity contribution in [2.75, 3.05) is 14.2 Å². The molecule has 5 rings (SSSR count). The van der Waals surface area contributed by atoms with Gasteiger partial charge in [0.15, 0.2) is 22.1 Å². The van der Waals surface area contributed by atoms with E-state index in [4.69, 9.17) is 9.47 Å². The molecule has 1 N–H and O–H groups in total. The van der Waals surface area contributed by atoms with Gasteiger partial charge < -0.3 is 14.6 Å². The Kier molecular flexibility index (Phi) is 6.51. The minimum Gasteiger partial charge on any atom is -0.504 e. The Morgan fingerprint density at radius 1 is 1.14 bits per heavy atom. The Hall–Kier alpha value is -3.69. The summed E-state index contributed by atoms with van der Waals surface area (Å²) in [7, 11) is 3.04. The number of phenolic OH excluding ortho intramolecular Hbond substituents is 1. The number of aromatic hydroxyl groups is 1. The molecule has 0 amide bonds. The molecule has 1 unspecified atom stereocenters. The second-order valence-corrected chi connectivity index (χ2v) is 10.4. The monoisotopic (exact) mass is 578 g/mol. The zero-order valence-corrected chi connectivity index (χ0v) is 22.9. The Morgan fingerprint density at radius 2 is 1.86 bits per heavy atom. The predicted molar refractivity (Wildman–Crippen MR) is 147 cm³/mol. The van der Waals surface area contributed by atoms with E-state index in [9.17, 15) is 14.7 Å². The first-order chi connectivity index (χ1) is 17.7. The number of ketones is 1. The highest BCUT2D eigenvalue weighted by molar-refractivity contribution is 9.10. The summed E-state index contributed by atoms with van der Waals surface area (Å²) >= 11 is 4.69. The molecule has 0 spiro atoms. The third-order valence-electron chi connectivity index (χ3n) is 6.41. The van der Waals surface area contributed by atoms with E-state index in [-0.39, 0.29) is 22.8 Å². The number of thiazole rings is 1. The molecule has 188 valence electrons. The van der Waals surface area contributed by atoms with Crippen LogP contribution in [0.1, 0.15) is 31.0 Å². The molecule has 9 heteroatoms. The van der Waals surface area contributed by atoms with Gasteiger partial charge in [-0.25, -0.2) is 4.99 Å². The van der Waals surface area contributed by atoms with Crippen LogP contribution in [0.25, 0.3) is 16.8 Å². The summed E-state index contributed by atoms with van der Waals surface area (Å²) in [6.45, 7) is 3.29. The average Bonchev–Trinajstić information content (AvgIpc) is 3.18. The number of carbonyl (C=O) groups excluding carboxylic acids is 1. The summed E-state index contributed by atoms with van der Waals surface area (Å²) < 4.78 is 13.6. The van der Waals surface area contributed by atoms with Crippen molar-refractivity contribution in [1.82, 2.24) is 4.57 Å². The van der Waals surface area contributed by atoms with E-state index in [1.54, 1.807) is 30.7 Å². The second kappa shape index (κ2) is 9.64. The van der Waals surface area contributed by atoms with E-state index in [1.807, 2.05) is 36.4 Å². The molecular formula is C28H23BrN2O5S. The number of methoxy groups -OCH3 is 2. The third-order valence-corrected chi connectivity index (χ3v) is 8.08. The molecule has 1 aliphatic heterocycles. The molecule has 0 saturated carbocycles. The van der Waals surface area contributed by atoms with E-state index in [0.717, 1.165) is 16.3 Å². The van der Waals surface area contributed by atoms with E-state index in [1.165, 1.54) is 31.4 Å². The number of ether oxygens (including phenoxy) is 2. The first-order valence-corrected chi connectivity index (χ1v) is 13.0. The molecule has 1 aromatic heterocycles. The van der Waals surface area contributed by atoms with Gasteiger partial charge in [0.05, 0.1) is 24.8 Å². The fraction of sp³-hybridized carbons (Fsp3) is 0.179. The van der Waals surface area contributed by atoms with Gasteiger partial charge in [-0.1, -0.05) is 57.6 Å². The third kappa shape index (κ3) is 4.18. The number of hydrogen-bond acceptors (Lipinski definition) is 7. The zero-order valence-electron chi connectivity index (χ0n) is 20.5. The fourth-order valence-corrected chi connectivity index (χ4v) is 6.24. The molecule has 0 saturated heterocycles. The fourth-order valence-electron chi connectivity index (χ4n) is 4.75. The molecule has 0 fully saturated rings. The van der Waals surface area contributed by atoms with Gasteiger partial charge in [-0.3, -0.25) is 14.2 Å². The highest BCUT2D eigenvalue weighted by Crippen LogP contribution is 2.40. The van der Waals surface area contributed by atoms with Crippen molar-refractivity contribution in [3.05, 3.63) is 95.1 Å². The molecule has 0 aliphatic carbocycles. The molecule has 4 aromatic rings. The molecule has 0 bridgehead atoms. The molecule has 1 aliphatic rings. The molecule has 37 heavy (non-hydrogen) atoms. The lowest BCUT2D eigenvalue weighted by Gasteiger charge is -2.27. The van der Waals surface area contributed by atoms with Crippen LogP contribution in [-0.2, 0) is 4.79 Å².